The van der Waals surface area contributed by atoms with Crippen LogP contribution in [0.1, 0.15) is 24.7 Å². The first-order valence-corrected chi connectivity index (χ1v) is 9.64. The molecule has 8 heteroatoms. The first-order chi connectivity index (χ1) is 13.2. The Kier molecular flexibility index (Phi) is 4.81. The third kappa shape index (κ3) is 3.40. The topological polar surface area (TPSA) is 76.4 Å². The molecule has 3 aromatic heterocycles. The summed E-state index contributed by atoms with van der Waals surface area (Å²) in [6.07, 6.45) is 6.18. The third-order valence-corrected chi connectivity index (χ3v) is 5.54. The summed E-state index contributed by atoms with van der Waals surface area (Å²) in [5.74, 6) is 0.832. The van der Waals surface area contributed by atoms with E-state index in [1.54, 1.807) is 17.5 Å². The molecular weight excluding hydrogens is 360 g/mol. The van der Waals surface area contributed by atoms with Crippen molar-refractivity contribution in [2.45, 2.75) is 20.3 Å². The van der Waals surface area contributed by atoms with Crippen LogP contribution in [-0.4, -0.2) is 45.8 Å². The van der Waals surface area contributed by atoms with Crippen LogP contribution >= 0.6 is 11.3 Å². The number of hydrogen-bond acceptors (Lipinski definition) is 8. The number of aryl methyl sites for hydroxylation is 1. The molecular formula is C19H20N6OS. The lowest BCUT2D eigenvalue weighted by molar-refractivity contribution is 0.158. The SMILES string of the molecule is CCON=C1CCN(C)c2ncc(-c3sc(-c4cccnc4)nc3C)nc21. The highest BCUT2D eigenvalue weighted by atomic mass is 32.1. The second kappa shape index (κ2) is 7.40. The van der Waals surface area contributed by atoms with E-state index in [-0.39, 0.29) is 0 Å². The number of rotatable bonds is 4. The van der Waals surface area contributed by atoms with Crippen molar-refractivity contribution in [1.29, 1.82) is 0 Å². The molecule has 0 saturated carbocycles. The third-order valence-electron chi connectivity index (χ3n) is 4.31. The molecule has 0 amide bonds. The van der Waals surface area contributed by atoms with Gasteiger partial charge in [0.1, 0.15) is 28.7 Å². The van der Waals surface area contributed by atoms with E-state index in [1.807, 2.05) is 45.4 Å². The largest absolute Gasteiger partial charge is 0.396 e. The van der Waals surface area contributed by atoms with Crippen molar-refractivity contribution >= 4 is 22.9 Å². The predicted octanol–water partition coefficient (Wildman–Crippen LogP) is 3.55. The predicted molar refractivity (Wildman–Crippen MR) is 107 cm³/mol. The van der Waals surface area contributed by atoms with Gasteiger partial charge in [0.2, 0.25) is 0 Å². The van der Waals surface area contributed by atoms with Crippen LogP contribution in [0.15, 0.2) is 35.9 Å². The van der Waals surface area contributed by atoms with E-state index >= 15 is 0 Å². The van der Waals surface area contributed by atoms with Crippen LogP contribution in [-0.2, 0) is 4.84 Å². The maximum absolute atomic E-state index is 5.28. The maximum atomic E-state index is 5.28. The molecule has 4 rings (SSSR count). The number of fused-ring (bicyclic) bond motifs is 1. The molecule has 0 N–H and O–H groups in total. The fourth-order valence-corrected chi connectivity index (χ4v) is 3.95. The van der Waals surface area contributed by atoms with Gasteiger partial charge < -0.3 is 9.74 Å². The lowest BCUT2D eigenvalue weighted by Crippen LogP contribution is -2.30. The quantitative estimate of drug-likeness (QED) is 0.644. The summed E-state index contributed by atoms with van der Waals surface area (Å²) in [6, 6.07) is 3.92. The summed E-state index contributed by atoms with van der Waals surface area (Å²) in [7, 11) is 2.02. The van der Waals surface area contributed by atoms with Gasteiger partial charge in [0.05, 0.1) is 16.8 Å². The fourth-order valence-electron chi connectivity index (χ4n) is 2.94. The molecule has 1 aliphatic rings. The van der Waals surface area contributed by atoms with E-state index in [0.717, 1.165) is 57.0 Å². The van der Waals surface area contributed by atoms with Gasteiger partial charge in [-0.1, -0.05) is 5.16 Å². The van der Waals surface area contributed by atoms with Crippen LogP contribution in [0.25, 0.3) is 21.1 Å². The molecule has 0 bridgehead atoms. The summed E-state index contributed by atoms with van der Waals surface area (Å²) in [6.45, 7) is 5.29. The fraction of sp³-hybridized carbons (Fsp3) is 0.316. The second-order valence-corrected chi connectivity index (χ2v) is 7.23. The van der Waals surface area contributed by atoms with Gasteiger partial charge >= 0.3 is 0 Å². The van der Waals surface area contributed by atoms with Gasteiger partial charge in [-0.3, -0.25) is 4.98 Å². The summed E-state index contributed by atoms with van der Waals surface area (Å²) in [4.78, 5) is 26.8. The molecule has 0 spiro atoms. The first-order valence-electron chi connectivity index (χ1n) is 8.83. The summed E-state index contributed by atoms with van der Waals surface area (Å²) in [5.41, 5.74) is 4.36. The highest BCUT2D eigenvalue weighted by Crippen LogP contribution is 2.35. The van der Waals surface area contributed by atoms with Crippen LogP contribution in [0, 0.1) is 6.92 Å². The standard InChI is InChI=1S/C19H20N6OS/c1-4-26-24-14-7-9-25(3)18-16(14)23-15(11-21-18)17-12(2)22-19(27-17)13-6-5-8-20-10-13/h5-6,8,10-11H,4,7,9H2,1-3H3. The van der Waals surface area contributed by atoms with Crippen LogP contribution in [0.2, 0.25) is 0 Å². The molecule has 0 saturated heterocycles. The Morgan fingerprint density at radius 1 is 1.30 bits per heavy atom. The molecule has 0 aliphatic carbocycles. The first kappa shape index (κ1) is 17.5. The monoisotopic (exact) mass is 380 g/mol. The van der Waals surface area contributed by atoms with E-state index < -0.39 is 0 Å². The zero-order valence-electron chi connectivity index (χ0n) is 15.5. The minimum absolute atomic E-state index is 0.532. The highest BCUT2D eigenvalue weighted by molar-refractivity contribution is 7.18. The Labute approximate surface area is 161 Å². The number of oxime groups is 1. The lowest BCUT2D eigenvalue weighted by atomic mass is 10.1. The Bertz CT molecular complexity index is 985. The van der Waals surface area contributed by atoms with Gasteiger partial charge in [-0.05, 0) is 26.0 Å². The normalized spacial score (nSPS) is 15.1. The molecule has 3 aromatic rings. The van der Waals surface area contributed by atoms with Crippen molar-refractivity contribution < 1.29 is 4.84 Å². The number of nitrogens with zero attached hydrogens (tertiary/aromatic N) is 6. The van der Waals surface area contributed by atoms with Crippen LogP contribution in [0.3, 0.4) is 0 Å². The number of pyridine rings is 1. The average Bonchev–Trinajstić information content (AvgIpc) is 3.10. The van der Waals surface area contributed by atoms with Crippen LogP contribution < -0.4 is 4.90 Å². The molecule has 0 aromatic carbocycles. The van der Waals surface area contributed by atoms with E-state index in [2.05, 4.69) is 20.0 Å². The zero-order valence-corrected chi connectivity index (χ0v) is 16.3. The van der Waals surface area contributed by atoms with E-state index in [0.29, 0.717) is 6.61 Å². The number of thiazole rings is 1. The Morgan fingerprint density at radius 2 is 2.19 bits per heavy atom. The van der Waals surface area contributed by atoms with E-state index in [9.17, 15) is 0 Å². The van der Waals surface area contributed by atoms with Crippen molar-refractivity contribution in [1.82, 2.24) is 19.9 Å². The summed E-state index contributed by atoms with van der Waals surface area (Å²) < 4.78 is 0. The van der Waals surface area contributed by atoms with Crippen molar-refractivity contribution in [2.75, 3.05) is 25.1 Å². The molecule has 4 heterocycles. The average molecular weight is 380 g/mol. The molecule has 7 nitrogen and oxygen atoms in total. The van der Waals surface area contributed by atoms with Crippen molar-refractivity contribution in [3.63, 3.8) is 0 Å². The number of anilines is 1. The summed E-state index contributed by atoms with van der Waals surface area (Å²) >= 11 is 1.60. The van der Waals surface area contributed by atoms with Gasteiger partial charge in [-0.15, -0.1) is 11.3 Å². The minimum Gasteiger partial charge on any atom is -0.396 e. The smallest absolute Gasteiger partial charge is 0.156 e. The highest BCUT2D eigenvalue weighted by Gasteiger charge is 2.24. The molecule has 1 aliphatic heterocycles. The Hall–Kier alpha value is -2.87. The van der Waals surface area contributed by atoms with Gasteiger partial charge in [0.15, 0.2) is 5.82 Å². The van der Waals surface area contributed by atoms with Gasteiger partial charge in [-0.25, -0.2) is 15.0 Å². The molecule has 27 heavy (non-hydrogen) atoms. The number of hydrogen-bond donors (Lipinski definition) is 0. The summed E-state index contributed by atoms with van der Waals surface area (Å²) in [5, 5.41) is 5.18. The second-order valence-electron chi connectivity index (χ2n) is 6.23. The van der Waals surface area contributed by atoms with E-state index in [4.69, 9.17) is 14.8 Å². The molecule has 0 radical (unpaired) electrons. The van der Waals surface area contributed by atoms with Crippen LogP contribution in [0.5, 0.6) is 0 Å². The maximum Gasteiger partial charge on any atom is 0.156 e. The van der Waals surface area contributed by atoms with Crippen molar-refractivity contribution in [3.05, 3.63) is 42.1 Å². The molecule has 0 fully saturated rings. The molecule has 138 valence electrons. The van der Waals surface area contributed by atoms with Crippen molar-refractivity contribution in [3.8, 4) is 21.1 Å². The molecule has 0 atom stereocenters. The van der Waals surface area contributed by atoms with Crippen molar-refractivity contribution in [2.24, 2.45) is 5.16 Å². The Morgan fingerprint density at radius 3 is 2.96 bits per heavy atom. The van der Waals surface area contributed by atoms with Crippen LogP contribution in [0.4, 0.5) is 5.82 Å². The Balaban J connectivity index is 1.77. The molecule has 0 unspecified atom stereocenters. The number of aromatic nitrogens is 4. The zero-order chi connectivity index (χ0) is 18.8. The van der Waals surface area contributed by atoms with Gasteiger partial charge in [0, 0.05) is 38.0 Å². The lowest BCUT2D eigenvalue weighted by Gasteiger charge is -2.26. The van der Waals surface area contributed by atoms with Gasteiger partial charge in [0.25, 0.3) is 0 Å². The van der Waals surface area contributed by atoms with E-state index in [1.165, 1.54) is 0 Å². The van der Waals surface area contributed by atoms with Gasteiger partial charge in [-0.2, -0.15) is 0 Å². The minimum atomic E-state index is 0.532.